The molecule has 1 aromatic heterocycles. The van der Waals surface area contributed by atoms with Crippen molar-refractivity contribution in [3.05, 3.63) is 16.4 Å². The van der Waals surface area contributed by atoms with Gasteiger partial charge in [-0.05, 0) is 6.42 Å². The molecule has 0 spiro atoms. The van der Waals surface area contributed by atoms with E-state index in [0.29, 0.717) is 11.2 Å². The van der Waals surface area contributed by atoms with Crippen LogP contribution in [0.15, 0.2) is 16.6 Å². The molecule has 15 heavy (non-hydrogen) atoms. The number of carboxylic acids is 1. The summed E-state index contributed by atoms with van der Waals surface area (Å²) in [7, 11) is 1.78. The molecule has 5 nitrogen and oxygen atoms in total. The van der Waals surface area contributed by atoms with Crippen LogP contribution in [0.4, 0.5) is 0 Å². The largest absolute Gasteiger partial charge is 0.550 e. The molecule has 0 aromatic carbocycles. The molecule has 1 heterocycles. The fraction of sp³-hybridized carbons (Fsp3) is 0.444. The average Bonchev–Trinajstić information content (AvgIpc) is 2.88. The summed E-state index contributed by atoms with van der Waals surface area (Å²) >= 11 is 1.35. The minimum Gasteiger partial charge on any atom is -0.550 e. The normalized spacial score (nSPS) is 25.3. The van der Waals surface area contributed by atoms with E-state index in [9.17, 15) is 14.7 Å². The van der Waals surface area contributed by atoms with Crippen LogP contribution < -0.4 is 9.91 Å². The van der Waals surface area contributed by atoms with Crippen molar-refractivity contribution < 1.29 is 14.7 Å². The molecule has 80 valence electrons. The molecule has 2 atom stereocenters. The van der Waals surface area contributed by atoms with Crippen molar-refractivity contribution in [1.82, 2.24) is 4.57 Å². The summed E-state index contributed by atoms with van der Waals surface area (Å²) in [6.07, 6.45) is 2.15. The Morgan fingerprint density at radius 2 is 2.33 bits per heavy atom. The molecule has 1 fully saturated rings. The molecule has 0 unspecified atom stereocenters. The van der Waals surface area contributed by atoms with Gasteiger partial charge in [0.25, 0.3) is 5.91 Å². The van der Waals surface area contributed by atoms with Crippen molar-refractivity contribution in [2.45, 2.75) is 6.42 Å². The van der Waals surface area contributed by atoms with E-state index in [0.717, 1.165) is 0 Å². The number of aryl methyl sites for hydroxylation is 1. The third-order valence-corrected chi connectivity index (χ3v) is 3.22. The zero-order valence-electron chi connectivity index (χ0n) is 8.04. The van der Waals surface area contributed by atoms with Gasteiger partial charge in [0, 0.05) is 36.4 Å². The van der Waals surface area contributed by atoms with Crippen LogP contribution in [0.2, 0.25) is 0 Å². The van der Waals surface area contributed by atoms with Gasteiger partial charge < -0.3 is 14.5 Å². The van der Waals surface area contributed by atoms with Gasteiger partial charge in [0.1, 0.15) is 0 Å². The van der Waals surface area contributed by atoms with E-state index in [4.69, 9.17) is 0 Å². The maximum Gasteiger partial charge on any atom is 0.252 e. The summed E-state index contributed by atoms with van der Waals surface area (Å²) in [6, 6.07) is 0. The molecule has 0 saturated heterocycles. The Morgan fingerprint density at radius 3 is 2.80 bits per heavy atom. The van der Waals surface area contributed by atoms with Crippen molar-refractivity contribution in [2.75, 3.05) is 0 Å². The van der Waals surface area contributed by atoms with Gasteiger partial charge in [-0.3, -0.25) is 4.79 Å². The van der Waals surface area contributed by atoms with Gasteiger partial charge in [-0.15, -0.1) is 11.3 Å². The smallest absolute Gasteiger partial charge is 0.252 e. The lowest BCUT2D eigenvalue weighted by Gasteiger charge is -1.96. The number of aromatic nitrogens is 1. The summed E-state index contributed by atoms with van der Waals surface area (Å²) in [5, 5.41) is 12.3. The van der Waals surface area contributed by atoms with E-state index in [1.165, 1.54) is 11.3 Å². The maximum atomic E-state index is 11.5. The molecule has 1 aliphatic carbocycles. The molecule has 0 N–H and O–H groups in total. The molecule has 1 aliphatic rings. The van der Waals surface area contributed by atoms with Crippen molar-refractivity contribution in [1.29, 1.82) is 0 Å². The monoisotopic (exact) mass is 225 g/mol. The predicted octanol–water partition coefficient (Wildman–Crippen LogP) is -1.10. The van der Waals surface area contributed by atoms with Crippen molar-refractivity contribution >= 4 is 23.2 Å². The summed E-state index contributed by atoms with van der Waals surface area (Å²) in [6.45, 7) is 0. The van der Waals surface area contributed by atoms with Crippen LogP contribution in [-0.4, -0.2) is 16.4 Å². The number of hydrogen-bond acceptors (Lipinski definition) is 4. The zero-order chi connectivity index (χ0) is 11.0. The van der Waals surface area contributed by atoms with Gasteiger partial charge in [0.05, 0.1) is 0 Å². The Labute approximate surface area is 89.7 Å². The number of hydrogen-bond donors (Lipinski definition) is 0. The van der Waals surface area contributed by atoms with Crippen molar-refractivity contribution in [3.8, 4) is 0 Å². The Hall–Kier alpha value is -1.43. The highest BCUT2D eigenvalue weighted by molar-refractivity contribution is 7.07. The van der Waals surface area contributed by atoms with Crippen LogP contribution in [0.1, 0.15) is 6.42 Å². The van der Waals surface area contributed by atoms with Gasteiger partial charge >= 0.3 is 0 Å². The van der Waals surface area contributed by atoms with Crippen molar-refractivity contribution in [2.24, 2.45) is 23.9 Å². The number of carbonyl (C=O) groups is 2. The lowest BCUT2D eigenvalue weighted by atomic mass is 10.3. The summed E-state index contributed by atoms with van der Waals surface area (Å²) in [4.78, 5) is 26.4. The van der Waals surface area contributed by atoms with Gasteiger partial charge in [0.15, 0.2) is 4.80 Å². The molecule has 0 aliphatic heterocycles. The lowest BCUT2D eigenvalue weighted by molar-refractivity contribution is -0.308. The molecule has 0 bridgehead atoms. The number of carboxylic acid groups (broad SMARTS) is 1. The Kier molecular flexibility index (Phi) is 2.44. The molecule has 1 aromatic rings. The zero-order valence-corrected chi connectivity index (χ0v) is 8.86. The van der Waals surface area contributed by atoms with Gasteiger partial charge in [-0.2, -0.15) is 4.99 Å². The highest BCUT2D eigenvalue weighted by Gasteiger charge is 2.43. The van der Waals surface area contributed by atoms with Gasteiger partial charge in [-0.25, -0.2) is 0 Å². The SMILES string of the molecule is Cn1ccsc1=NC(=O)[C@@H]1C[C@@H]1C(=O)[O-]. The highest BCUT2D eigenvalue weighted by Crippen LogP contribution is 2.38. The summed E-state index contributed by atoms with van der Waals surface area (Å²) in [5.74, 6) is -2.62. The summed E-state index contributed by atoms with van der Waals surface area (Å²) in [5.41, 5.74) is 0. The number of thiazole rings is 1. The highest BCUT2D eigenvalue weighted by atomic mass is 32.1. The van der Waals surface area contributed by atoms with E-state index in [-0.39, 0.29) is 5.91 Å². The first-order valence-electron chi connectivity index (χ1n) is 4.49. The second-order valence-electron chi connectivity index (χ2n) is 3.51. The fourth-order valence-electron chi connectivity index (χ4n) is 1.34. The number of amides is 1. The van der Waals surface area contributed by atoms with E-state index in [1.807, 2.05) is 5.38 Å². The van der Waals surface area contributed by atoms with Crippen molar-refractivity contribution in [3.63, 3.8) is 0 Å². The minimum absolute atomic E-state index is 0.359. The molecule has 1 amide bonds. The van der Waals surface area contributed by atoms with E-state index in [2.05, 4.69) is 4.99 Å². The Balaban J connectivity index is 2.13. The number of nitrogens with zero attached hydrogens (tertiary/aromatic N) is 2. The molecule has 1 saturated carbocycles. The fourth-order valence-corrected chi connectivity index (χ4v) is 2.08. The summed E-state index contributed by atoms with van der Waals surface area (Å²) < 4.78 is 1.72. The third kappa shape index (κ3) is 1.99. The standard InChI is InChI=1S/C9H10N2O3S/c1-11-2-3-15-9(11)10-7(12)5-4-6(5)8(13)14/h2-3,5-6H,4H2,1H3,(H,13,14)/p-1/t5-,6+/m1/s1. The topological polar surface area (TPSA) is 74.5 Å². The molecule has 0 radical (unpaired) electrons. The van der Waals surface area contributed by atoms with Crippen LogP contribution in [0, 0.1) is 11.8 Å². The van der Waals surface area contributed by atoms with Crippen LogP contribution >= 0.6 is 11.3 Å². The number of carbonyl (C=O) groups excluding carboxylic acids is 2. The average molecular weight is 225 g/mol. The van der Waals surface area contributed by atoms with Crippen LogP contribution in [-0.2, 0) is 16.6 Å². The number of aliphatic carboxylic acids is 1. The van der Waals surface area contributed by atoms with E-state index >= 15 is 0 Å². The number of rotatable bonds is 2. The van der Waals surface area contributed by atoms with E-state index < -0.39 is 17.8 Å². The van der Waals surface area contributed by atoms with Crippen LogP contribution in [0.3, 0.4) is 0 Å². The second kappa shape index (κ2) is 3.62. The quantitative estimate of drug-likeness (QED) is 0.641. The second-order valence-corrected chi connectivity index (χ2v) is 4.39. The first-order chi connectivity index (χ1) is 7.09. The third-order valence-electron chi connectivity index (χ3n) is 2.38. The molecular weight excluding hydrogens is 216 g/mol. The Bertz CT molecular complexity index is 474. The Morgan fingerprint density at radius 1 is 1.60 bits per heavy atom. The lowest BCUT2D eigenvalue weighted by Crippen LogP contribution is -2.26. The maximum absolute atomic E-state index is 11.5. The first kappa shape index (κ1) is 10.1. The molecule has 6 heteroatoms. The van der Waals surface area contributed by atoms with E-state index in [1.54, 1.807) is 17.8 Å². The minimum atomic E-state index is -1.15. The van der Waals surface area contributed by atoms with Crippen LogP contribution in [0.25, 0.3) is 0 Å². The van der Waals surface area contributed by atoms with Crippen LogP contribution in [0.5, 0.6) is 0 Å². The predicted molar refractivity (Wildman–Crippen MR) is 50.5 cm³/mol. The van der Waals surface area contributed by atoms with Gasteiger partial charge in [-0.1, -0.05) is 0 Å². The molecular formula is C9H9N2O3S-. The van der Waals surface area contributed by atoms with Gasteiger partial charge in [0.2, 0.25) is 0 Å². The first-order valence-corrected chi connectivity index (χ1v) is 5.37. The molecule has 2 rings (SSSR count).